The van der Waals surface area contributed by atoms with Crippen molar-refractivity contribution >= 4 is 11.9 Å². The molecule has 1 atom stereocenters. The summed E-state index contributed by atoms with van der Waals surface area (Å²) in [5, 5.41) is 8.94. The fraction of sp³-hybridized carbons (Fsp3) is 0.857. The lowest BCUT2D eigenvalue weighted by Gasteiger charge is -2.36. The molecule has 1 amide bonds. The van der Waals surface area contributed by atoms with Gasteiger partial charge in [0.1, 0.15) is 0 Å². The number of carbonyl (C=O) groups is 2. The molecule has 1 unspecified atom stereocenters. The quantitative estimate of drug-likeness (QED) is 0.835. The standard InChI is InChI=1S/C14H24N2O3/c17-13(15-7-3-1-4-8-15)11-16-9-5-2-6-12(16)10-14(18)19/h12H,1-11H2,(H,18,19). The van der Waals surface area contributed by atoms with Crippen molar-refractivity contribution in [2.75, 3.05) is 26.2 Å². The van der Waals surface area contributed by atoms with E-state index in [4.69, 9.17) is 5.11 Å². The predicted octanol–water partition coefficient (Wildman–Crippen LogP) is 1.33. The van der Waals surface area contributed by atoms with E-state index >= 15 is 0 Å². The Kier molecular flexibility index (Phi) is 5.19. The van der Waals surface area contributed by atoms with Crippen molar-refractivity contribution in [3.05, 3.63) is 0 Å². The van der Waals surface area contributed by atoms with E-state index in [0.29, 0.717) is 6.54 Å². The van der Waals surface area contributed by atoms with Crippen LogP contribution in [0.1, 0.15) is 44.9 Å². The van der Waals surface area contributed by atoms with Gasteiger partial charge in [-0.1, -0.05) is 6.42 Å². The van der Waals surface area contributed by atoms with Crippen LogP contribution in [0.4, 0.5) is 0 Å². The number of carboxylic acid groups (broad SMARTS) is 1. The van der Waals surface area contributed by atoms with Crippen molar-refractivity contribution in [2.24, 2.45) is 0 Å². The van der Waals surface area contributed by atoms with E-state index < -0.39 is 5.97 Å². The van der Waals surface area contributed by atoms with Crippen LogP contribution in [0.15, 0.2) is 0 Å². The summed E-state index contributed by atoms with van der Waals surface area (Å²) in [7, 11) is 0. The van der Waals surface area contributed by atoms with Crippen molar-refractivity contribution in [2.45, 2.75) is 51.0 Å². The van der Waals surface area contributed by atoms with E-state index in [1.807, 2.05) is 4.90 Å². The number of carbonyl (C=O) groups excluding carboxylic acids is 1. The molecule has 2 saturated heterocycles. The Labute approximate surface area is 114 Å². The summed E-state index contributed by atoms with van der Waals surface area (Å²) in [6.07, 6.45) is 6.63. The van der Waals surface area contributed by atoms with Crippen molar-refractivity contribution in [1.29, 1.82) is 0 Å². The van der Waals surface area contributed by atoms with Crippen LogP contribution in [0.25, 0.3) is 0 Å². The zero-order valence-electron chi connectivity index (χ0n) is 11.5. The molecule has 0 aliphatic carbocycles. The van der Waals surface area contributed by atoms with E-state index in [1.54, 1.807) is 0 Å². The van der Waals surface area contributed by atoms with E-state index in [1.165, 1.54) is 6.42 Å². The Morgan fingerprint density at radius 2 is 1.68 bits per heavy atom. The molecule has 0 aromatic carbocycles. The van der Waals surface area contributed by atoms with Crippen LogP contribution in [0.5, 0.6) is 0 Å². The maximum atomic E-state index is 12.2. The van der Waals surface area contributed by atoms with Crippen molar-refractivity contribution in [3.8, 4) is 0 Å². The maximum Gasteiger partial charge on any atom is 0.304 e. The molecule has 0 spiro atoms. The first-order valence-corrected chi connectivity index (χ1v) is 7.40. The normalized spacial score (nSPS) is 25.3. The number of rotatable bonds is 4. The summed E-state index contributed by atoms with van der Waals surface area (Å²) in [5.74, 6) is -0.584. The molecule has 2 heterocycles. The highest BCUT2D eigenvalue weighted by atomic mass is 16.4. The minimum atomic E-state index is -0.762. The van der Waals surface area contributed by atoms with Gasteiger partial charge in [0, 0.05) is 19.1 Å². The number of carboxylic acids is 1. The Morgan fingerprint density at radius 3 is 2.37 bits per heavy atom. The molecule has 2 aliphatic rings. The molecule has 5 nitrogen and oxygen atoms in total. The second-order valence-corrected chi connectivity index (χ2v) is 5.66. The lowest BCUT2D eigenvalue weighted by atomic mass is 9.99. The lowest BCUT2D eigenvalue weighted by molar-refractivity contribution is -0.141. The average Bonchev–Trinajstić information content (AvgIpc) is 2.41. The van der Waals surface area contributed by atoms with Crippen molar-refractivity contribution in [1.82, 2.24) is 9.80 Å². The predicted molar refractivity (Wildman–Crippen MR) is 71.9 cm³/mol. The van der Waals surface area contributed by atoms with Gasteiger partial charge in [-0.05, 0) is 38.6 Å². The summed E-state index contributed by atoms with van der Waals surface area (Å²) in [4.78, 5) is 27.1. The Morgan fingerprint density at radius 1 is 1.00 bits per heavy atom. The zero-order valence-corrected chi connectivity index (χ0v) is 11.5. The lowest BCUT2D eigenvalue weighted by Crippen LogP contribution is -2.48. The molecule has 19 heavy (non-hydrogen) atoms. The van der Waals surface area contributed by atoms with Gasteiger partial charge in [-0.2, -0.15) is 0 Å². The van der Waals surface area contributed by atoms with Crippen LogP contribution < -0.4 is 0 Å². The number of piperidine rings is 2. The van der Waals surface area contributed by atoms with Crippen LogP contribution >= 0.6 is 0 Å². The molecule has 5 heteroatoms. The minimum Gasteiger partial charge on any atom is -0.481 e. The Balaban J connectivity index is 1.87. The van der Waals surface area contributed by atoms with Gasteiger partial charge in [-0.15, -0.1) is 0 Å². The molecule has 2 aliphatic heterocycles. The van der Waals surface area contributed by atoms with Gasteiger partial charge in [0.15, 0.2) is 0 Å². The van der Waals surface area contributed by atoms with E-state index in [-0.39, 0.29) is 18.4 Å². The number of nitrogens with zero attached hydrogens (tertiary/aromatic N) is 2. The first-order chi connectivity index (χ1) is 9.16. The number of likely N-dealkylation sites (tertiary alicyclic amines) is 2. The van der Waals surface area contributed by atoms with E-state index in [9.17, 15) is 9.59 Å². The fourth-order valence-corrected chi connectivity index (χ4v) is 3.12. The van der Waals surface area contributed by atoms with E-state index in [2.05, 4.69) is 4.90 Å². The van der Waals surface area contributed by atoms with Crippen molar-refractivity contribution < 1.29 is 14.7 Å². The summed E-state index contributed by atoms with van der Waals surface area (Å²) in [5.41, 5.74) is 0. The first-order valence-electron chi connectivity index (χ1n) is 7.40. The van der Waals surface area contributed by atoms with Gasteiger partial charge in [-0.3, -0.25) is 14.5 Å². The van der Waals surface area contributed by atoms with Gasteiger partial charge in [0.05, 0.1) is 13.0 Å². The van der Waals surface area contributed by atoms with Crippen LogP contribution in [-0.2, 0) is 9.59 Å². The average molecular weight is 268 g/mol. The molecule has 108 valence electrons. The van der Waals surface area contributed by atoms with E-state index in [0.717, 1.165) is 51.7 Å². The first kappa shape index (κ1) is 14.3. The van der Waals surface area contributed by atoms with Gasteiger partial charge in [0.2, 0.25) is 5.91 Å². The smallest absolute Gasteiger partial charge is 0.304 e. The van der Waals surface area contributed by atoms with Gasteiger partial charge in [-0.25, -0.2) is 0 Å². The topological polar surface area (TPSA) is 60.9 Å². The van der Waals surface area contributed by atoms with Crippen LogP contribution in [0, 0.1) is 0 Å². The highest BCUT2D eigenvalue weighted by molar-refractivity contribution is 5.78. The summed E-state index contributed by atoms with van der Waals surface area (Å²) < 4.78 is 0. The minimum absolute atomic E-state index is 0.0417. The Bertz CT molecular complexity index is 327. The molecule has 0 aromatic rings. The molecular formula is C14H24N2O3. The molecular weight excluding hydrogens is 244 g/mol. The molecule has 1 N–H and O–H groups in total. The summed E-state index contributed by atoms with van der Waals surface area (Å²) >= 11 is 0. The molecule has 2 rings (SSSR count). The van der Waals surface area contributed by atoms with Gasteiger partial charge >= 0.3 is 5.97 Å². The van der Waals surface area contributed by atoms with Crippen molar-refractivity contribution in [3.63, 3.8) is 0 Å². The molecule has 0 bridgehead atoms. The highest BCUT2D eigenvalue weighted by Gasteiger charge is 2.28. The number of amides is 1. The monoisotopic (exact) mass is 268 g/mol. The van der Waals surface area contributed by atoms with Gasteiger partial charge < -0.3 is 10.0 Å². The SMILES string of the molecule is O=C(O)CC1CCCCN1CC(=O)N1CCCCC1. The Hall–Kier alpha value is -1.10. The second-order valence-electron chi connectivity index (χ2n) is 5.66. The number of hydrogen-bond acceptors (Lipinski definition) is 3. The summed E-state index contributed by atoms with van der Waals surface area (Å²) in [6.45, 7) is 3.00. The number of aliphatic carboxylic acids is 1. The molecule has 2 fully saturated rings. The molecule has 0 saturated carbocycles. The fourth-order valence-electron chi connectivity index (χ4n) is 3.12. The van der Waals surface area contributed by atoms with Crippen LogP contribution in [0.3, 0.4) is 0 Å². The van der Waals surface area contributed by atoms with Crippen LogP contribution in [0.2, 0.25) is 0 Å². The third-order valence-corrected chi connectivity index (χ3v) is 4.21. The summed E-state index contributed by atoms with van der Waals surface area (Å²) in [6, 6.07) is 0.0417. The molecule has 0 aromatic heterocycles. The van der Waals surface area contributed by atoms with Crippen LogP contribution in [-0.4, -0.2) is 59.0 Å². The third kappa shape index (κ3) is 4.20. The second kappa shape index (κ2) is 6.89. The maximum absolute atomic E-state index is 12.2. The molecule has 0 radical (unpaired) electrons. The number of hydrogen-bond donors (Lipinski definition) is 1. The zero-order chi connectivity index (χ0) is 13.7. The largest absolute Gasteiger partial charge is 0.481 e. The third-order valence-electron chi connectivity index (χ3n) is 4.21. The highest BCUT2D eigenvalue weighted by Crippen LogP contribution is 2.20. The van der Waals surface area contributed by atoms with Gasteiger partial charge in [0.25, 0.3) is 0 Å².